The van der Waals surface area contributed by atoms with Crippen LogP contribution in [0.15, 0.2) is 9.43 Å². The van der Waals surface area contributed by atoms with Crippen LogP contribution < -0.4 is 5.73 Å². The first kappa shape index (κ1) is 12.8. The highest BCUT2D eigenvalue weighted by molar-refractivity contribution is 8.18. The number of nitrogens with zero attached hydrogens (tertiary/aromatic N) is 2. The molecule has 1 aliphatic rings. The van der Waals surface area contributed by atoms with Gasteiger partial charge in [0.2, 0.25) is 0 Å². The van der Waals surface area contributed by atoms with Crippen molar-refractivity contribution in [2.75, 3.05) is 13.1 Å². The maximum absolute atomic E-state index is 12.0. The van der Waals surface area contributed by atoms with Crippen LogP contribution >= 0.6 is 11.8 Å². The van der Waals surface area contributed by atoms with Crippen molar-refractivity contribution in [1.82, 2.24) is 10.1 Å². The van der Waals surface area contributed by atoms with Crippen molar-refractivity contribution in [1.29, 1.82) is 0 Å². The minimum absolute atomic E-state index is 0.240. The number of aryl methyl sites for hydroxylation is 2. The van der Waals surface area contributed by atoms with E-state index in [2.05, 4.69) is 5.16 Å². The number of nitrogens with two attached hydrogens (primary N) is 1. The van der Waals surface area contributed by atoms with Crippen molar-refractivity contribution in [2.45, 2.75) is 13.8 Å². The molecule has 7 heteroatoms. The van der Waals surface area contributed by atoms with Crippen LogP contribution in [0.1, 0.15) is 17.0 Å². The smallest absolute Gasteiger partial charge is 0.293 e. The fourth-order valence-electron chi connectivity index (χ4n) is 1.65. The molecule has 96 valence electrons. The zero-order chi connectivity index (χ0) is 13.3. The molecule has 1 aromatic rings. The van der Waals surface area contributed by atoms with Crippen LogP contribution in [0.5, 0.6) is 0 Å². The Morgan fingerprint density at radius 2 is 2.17 bits per heavy atom. The number of aromatic nitrogens is 1. The van der Waals surface area contributed by atoms with E-state index in [0.29, 0.717) is 16.4 Å². The Morgan fingerprint density at radius 1 is 1.44 bits per heavy atom. The largest absolute Gasteiger partial charge is 0.361 e. The Labute approximate surface area is 108 Å². The monoisotopic (exact) mass is 267 g/mol. The first-order valence-electron chi connectivity index (χ1n) is 5.43. The molecule has 0 unspecified atom stereocenters. The van der Waals surface area contributed by atoms with Crippen molar-refractivity contribution < 1.29 is 14.1 Å². The molecule has 0 atom stereocenters. The maximum atomic E-state index is 12.0. The maximum Gasteiger partial charge on any atom is 0.293 e. The standard InChI is InChI=1S/C11H13N3O3S/c1-6-8(7(2)17-13-6)5-9-10(15)14(4-3-12)11(16)18-9/h5H,3-4,12H2,1-2H3/b9-5-. The SMILES string of the molecule is Cc1noc(C)c1/C=C1\SC(=O)N(CCN)C1=O. The van der Waals surface area contributed by atoms with Gasteiger partial charge in [0.25, 0.3) is 11.1 Å². The molecule has 1 fully saturated rings. The summed E-state index contributed by atoms with van der Waals surface area (Å²) in [4.78, 5) is 25.1. The van der Waals surface area contributed by atoms with E-state index < -0.39 is 0 Å². The fraction of sp³-hybridized carbons (Fsp3) is 0.364. The Bertz CT molecular complexity index is 516. The summed E-state index contributed by atoms with van der Waals surface area (Å²) in [6, 6.07) is 0. The van der Waals surface area contributed by atoms with Crippen LogP contribution in [0.2, 0.25) is 0 Å². The van der Waals surface area contributed by atoms with Crippen LogP contribution in [0.25, 0.3) is 6.08 Å². The van der Waals surface area contributed by atoms with Crippen LogP contribution in [0.3, 0.4) is 0 Å². The topological polar surface area (TPSA) is 89.4 Å². The van der Waals surface area contributed by atoms with Crippen molar-refractivity contribution in [2.24, 2.45) is 5.73 Å². The highest BCUT2D eigenvalue weighted by atomic mass is 32.2. The van der Waals surface area contributed by atoms with E-state index in [1.54, 1.807) is 19.9 Å². The summed E-state index contributed by atoms with van der Waals surface area (Å²) in [7, 11) is 0. The highest BCUT2D eigenvalue weighted by Crippen LogP contribution is 2.32. The van der Waals surface area contributed by atoms with Crippen LogP contribution in [-0.2, 0) is 4.79 Å². The molecule has 0 saturated carbocycles. The number of hydrogen-bond donors (Lipinski definition) is 1. The Kier molecular flexibility index (Phi) is 3.53. The van der Waals surface area contributed by atoms with Gasteiger partial charge in [-0.2, -0.15) is 0 Å². The zero-order valence-electron chi connectivity index (χ0n) is 10.1. The van der Waals surface area contributed by atoms with E-state index in [1.807, 2.05) is 0 Å². The quantitative estimate of drug-likeness (QED) is 0.830. The van der Waals surface area contributed by atoms with E-state index in [-0.39, 0.29) is 24.2 Å². The molecular weight excluding hydrogens is 254 g/mol. The summed E-state index contributed by atoms with van der Waals surface area (Å²) in [5.41, 5.74) is 6.80. The number of carbonyl (C=O) groups is 2. The molecule has 0 spiro atoms. The lowest BCUT2D eigenvalue weighted by Crippen LogP contribution is -2.33. The molecule has 0 aliphatic carbocycles. The van der Waals surface area contributed by atoms with Gasteiger partial charge in [-0.1, -0.05) is 5.16 Å². The number of carbonyl (C=O) groups excluding carboxylic acids is 2. The van der Waals surface area contributed by atoms with Gasteiger partial charge in [-0.3, -0.25) is 14.5 Å². The third kappa shape index (κ3) is 2.19. The van der Waals surface area contributed by atoms with Crippen molar-refractivity contribution in [3.8, 4) is 0 Å². The number of rotatable bonds is 3. The number of imide groups is 1. The first-order chi connectivity index (χ1) is 8.54. The molecule has 2 amide bonds. The third-order valence-electron chi connectivity index (χ3n) is 2.59. The van der Waals surface area contributed by atoms with E-state index in [9.17, 15) is 9.59 Å². The lowest BCUT2D eigenvalue weighted by atomic mass is 10.2. The summed E-state index contributed by atoms with van der Waals surface area (Å²) in [6.07, 6.45) is 1.64. The molecule has 2 heterocycles. The average Bonchev–Trinajstić information content (AvgIpc) is 2.77. The zero-order valence-corrected chi connectivity index (χ0v) is 10.9. The highest BCUT2D eigenvalue weighted by Gasteiger charge is 2.34. The van der Waals surface area contributed by atoms with Gasteiger partial charge in [-0.25, -0.2) is 0 Å². The summed E-state index contributed by atoms with van der Waals surface area (Å²) >= 11 is 0.911. The number of hydrogen-bond acceptors (Lipinski definition) is 6. The Balaban J connectivity index is 2.31. The third-order valence-corrected chi connectivity index (χ3v) is 3.50. The van der Waals surface area contributed by atoms with Crippen molar-refractivity contribution in [3.05, 3.63) is 21.9 Å². The van der Waals surface area contributed by atoms with Crippen molar-refractivity contribution in [3.63, 3.8) is 0 Å². The van der Waals surface area contributed by atoms with Gasteiger partial charge in [0.1, 0.15) is 5.76 Å². The minimum Gasteiger partial charge on any atom is -0.361 e. The second-order valence-corrected chi connectivity index (χ2v) is 4.85. The van der Waals surface area contributed by atoms with Crippen LogP contribution in [0, 0.1) is 13.8 Å². The molecule has 1 aromatic heterocycles. The molecule has 1 saturated heterocycles. The first-order valence-corrected chi connectivity index (χ1v) is 6.24. The second kappa shape index (κ2) is 4.95. The Hall–Kier alpha value is -1.60. The second-order valence-electron chi connectivity index (χ2n) is 3.86. The normalized spacial score (nSPS) is 18.2. The van der Waals surface area contributed by atoms with Gasteiger partial charge in [0, 0.05) is 18.7 Å². The van der Waals surface area contributed by atoms with Crippen LogP contribution in [0.4, 0.5) is 4.79 Å². The average molecular weight is 267 g/mol. The van der Waals surface area contributed by atoms with Gasteiger partial charge in [-0.15, -0.1) is 0 Å². The van der Waals surface area contributed by atoms with E-state index in [4.69, 9.17) is 10.3 Å². The molecule has 0 bridgehead atoms. The lowest BCUT2D eigenvalue weighted by Gasteiger charge is -2.09. The van der Waals surface area contributed by atoms with Gasteiger partial charge in [0.05, 0.1) is 10.6 Å². The summed E-state index contributed by atoms with van der Waals surface area (Å²) in [6.45, 7) is 4.04. The molecule has 2 rings (SSSR count). The predicted octanol–water partition coefficient (Wildman–Crippen LogP) is 1.29. The lowest BCUT2D eigenvalue weighted by molar-refractivity contribution is -0.122. The van der Waals surface area contributed by atoms with Gasteiger partial charge in [-0.05, 0) is 31.7 Å². The van der Waals surface area contributed by atoms with Crippen molar-refractivity contribution >= 4 is 29.0 Å². The molecule has 6 nitrogen and oxygen atoms in total. The fourth-order valence-corrected chi connectivity index (χ4v) is 2.50. The summed E-state index contributed by atoms with van der Waals surface area (Å²) in [5, 5.41) is 3.51. The molecule has 0 aromatic carbocycles. The summed E-state index contributed by atoms with van der Waals surface area (Å²) < 4.78 is 5.01. The predicted molar refractivity (Wildman–Crippen MR) is 67.7 cm³/mol. The molecular formula is C11H13N3O3S. The molecule has 1 aliphatic heterocycles. The van der Waals surface area contributed by atoms with Gasteiger partial charge in [0.15, 0.2) is 0 Å². The number of amides is 2. The summed E-state index contributed by atoms with van der Waals surface area (Å²) in [5.74, 6) is 0.313. The van der Waals surface area contributed by atoms with E-state index in [0.717, 1.165) is 22.2 Å². The molecule has 0 radical (unpaired) electrons. The Morgan fingerprint density at radius 3 is 2.72 bits per heavy atom. The van der Waals surface area contributed by atoms with Gasteiger partial charge >= 0.3 is 0 Å². The van der Waals surface area contributed by atoms with Crippen LogP contribution in [-0.4, -0.2) is 34.3 Å². The van der Waals surface area contributed by atoms with E-state index >= 15 is 0 Å². The van der Waals surface area contributed by atoms with Gasteiger partial charge < -0.3 is 10.3 Å². The molecule has 18 heavy (non-hydrogen) atoms. The minimum atomic E-state index is -0.310. The molecule has 2 N–H and O–H groups in total. The number of thioether (sulfide) groups is 1. The van der Waals surface area contributed by atoms with E-state index in [1.165, 1.54) is 0 Å².